The van der Waals surface area contributed by atoms with Gasteiger partial charge in [-0.1, -0.05) is 35.0 Å². The van der Waals surface area contributed by atoms with Crippen LogP contribution in [0.5, 0.6) is 0 Å². The molecule has 3 rings (SSSR count). The van der Waals surface area contributed by atoms with Crippen molar-refractivity contribution in [1.29, 1.82) is 0 Å². The molecule has 3 aromatic rings. The van der Waals surface area contributed by atoms with Crippen LogP contribution in [-0.4, -0.2) is 26.3 Å². The maximum absolute atomic E-state index is 13.0. The van der Waals surface area contributed by atoms with Crippen molar-refractivity contribution in [2.45, 2.75) is 11.3 Å². The molecule has 1 aromatic carbocycles. The standard InChI is InChI=1S/C15H8Cl2F4N4OS/c16-9-4-8(18)1-2-11(9)22-12(26)6-27-14-24-23-13-10(17)3-7(5-25(13)14)15(19,20)21/h1-5H,6H2,(H,22,26). The van der Waals surface area contributed by atoms with Crippen LogP contribution in [0, 0.1) is 5.82 Å². The smallest absolute Gasteiger partial charge is 0.324 e. The molecule has 0 unspecified atom stereocenters. The fourth-order valence-corrected chi connectivity index (χ4v) is 3.26. The van der Waals surface area contributed by atoms with Crippen LogP contribution in [0.2, 0.25) is 10.0 Å². The second kappa shape index (κ2) is 7.53. The monoisotopic (exact) mass is 438 g/mol. The molecule has 1 amide bonds. The largest absolute Gasteiger partial charge is 0.417 e. The number of thioether (sulfide) groups is 1. The highest BCUT2D eigenvalue weighted by atomic mass is 35.5. The first-order valence-corrected chi connectivity index (χ1v) is 8.88. The van der Waals surface area contributed by atoms with Gasteiger partial charge in [0, 0.05) is 6.20 Å². The number of amides is 1. The van der Waals surface area contributed by atoms with Gasteiger partial charge in [-0.3, -0.25) is 9.20 Å². The van der Waals surface area contributed by atoms with Crippen molar-refractivity contribution in [3.05, 3.63) is 51.9 Å². The maximum Gasteiger partial charge on any atom is 0.417 e. The summed E-state index contributed by atoms with van der Waals surface area (Å²) in [7, 11) is 0. The fraction of sp³-hybridized carbons (Fsp3) is 0.133. The van der Waals surface area contributed by atoms with Gasteiger partial charge in [-0.2, -0.15) is 13.2 Å². The van der Waals surface area contributed by atoms with Gasteiger partial charge < -0.3 is 5.32 Å². The molecule has 5 nitrogen and oxygen atoms in total. The summed E-state index contributed by atoms with van der Waals surface area (Å²) in [6, 6.07) is 4.21. The second-order valence-corrected chi connectivity index (χ2v) is 6.97. The van der Waals surface area contributed by atoms with Gasteiger partial charge in [0.1, 0.15) is 5.82 Å². The van der Waals surface area contributed by atoms with Gasteiger partial charge in [-0.25, -0.2) is 4.39 Å². The van der Waals surface area contributed by atoms with Crippen LogP contribution in [-0.2, 0) is 11.0 Å². The molecule has 27 heavy (non-hydrogen) atoms. The number of rotatable bonds is 4. The number of hydrogen-bond donors (Lipinski definition) is 1. The van der Waals surface area contributed by atoms with E-state index in [2.05, 4.69) is 15.5 Å². The van der Waals surface area contributed by atoms with Crippen LogP contribution in [0.3, 0.4) is 0 Å². The predicted octanol–water partition coefficient (Wildman–Crippen LogP) is 4.92. The first-order chi connectivity index (χ1) is 12.6. The Morgan fingerprint density at radius 3 is 2.59 bits per heavy atom. The van der Waals surface area contributed by atoms with Crippen LogP contribution < -0.4 is 5.32 Å². The lowest BCUT2D eigenvalue weighted by atomic mass is 10.3. The SMILES string of the molecule is O=C(CSc1nnc2c(Cl)cc(C(F)(F)F)cn12)Nc1ccc(F)cc1Cl. The number of carbonyl (C=O) groups is 1. The molecule has 0 aliphatic carbocycles. The Balaban J connectivity index is 1.76. The zero-order valence-electron chi connectivity index (χ0n) is 13.0. The highest BCUT2D eigenvalue weighted by Gasteiger charge is 2.32. The van der Waals surface area contributed by atoms with E-state index < -0.39 is 23.5 Å². The summed E-state index contributed by atoms with van der Waals surface area (Å²) in [5, 5.41) is 9.81. The van der Waals surface area contributed by atoms with Crippen LogP contribution in [0.4, 0.5) is 23.2 Å². The normalized spacial score (nSPS) is 11.8. The van der Waals surface area contributed by atoms with Gasteiger partial charge in [-0.15, -0.1) is 10.2 Å². The summed E-state index contributed by atoms with van der Waals surface area (Å²) < 4.78 is 52.9. The van der Waals surface area contributed by atoms with Crippen LogP contribution in [0.1, 0.15) is 5.56 Å². The molecular formula is C15H8Cl2F4N4OS. The third-order valence-corrected chi connectivity index (χ3v) is 4.83. The number of halogens is 6. The quantitative estimate of drug-likeness (QED) is 0.463. The molecule has 0 saturated carbocycles. The van der Waals surface area contributed by atoms with E-state index in [4.69, 9.17) is 23.2 Å². The third-order valence-electron chi connectivity index (χ3n) is 3.29. The van der Waals surface area contributed by atoms with E-state index in [0.29, 0.717) is 0 Å². The third kappa shape index (κ3) is 4.45. The van der Waals surface area contributed by atoms with E-state index >= 15 is 0 Å². The van der Waals surface area contributed by atoms with Crippen LogP contribution in [0.25, 0.3) is 5.65 Å². The Kier molecular flexibility index (Phi) is 5.50. The predicted molar refractivity (Wildman–Crippen MR) is 93.8 cm³/mol. The molecule has 0 radical (unpaired) electrons. The summed E-state index contributed by atoms with van der Waals surface area (Å²) in [5.74, 6) is -1.26. The van der Waals surface area contributed by atoms with E-state index in [1.807, 2.05) is 0 Å². The highest BCUT2D eigenvalue weighted by molar-refractivity contribution is 7.99. The average molecular weight is 439 g/mol. The molecule has 2 aromatic heterocycles. The number of benzene rings is 1. The summed E-state index contributed by atoms with van der Waals surface area (Å²) >= 11 is 12.5. The van der Waals surface area contributed by atoms with Crippen molar-refractivity contribution < 1.29 is 22.4 Å². The number of hydrogen-bond acceptors (Lipinski definition) is 4. The molecule has 0 saturated heterocycles. The highest BCUT2D eigenvalue weighted by Crippen LogP contribution is 2.33. The van der Waals surface area contributed by atoms with Crippen molar-refractivity contribution >= 4 is 52.2 Å². The van der Waals surface area contributed by atoms with Crippen molar-refractivity contribution in [1.82, 2.24) is 14.6 Å². The lowest BCUT2D eigenvalue weighted by molar-refractivity contribution is -0.137. The molecule has 0 fully saturated rings. The summed E-state index contributed by atoms with van der Waals surface area (Å²) in [6.07, 6.45) is -3.79. The lowest BCUT2D eigenvalue weighted by Crippen LogP contribution is -2.14. The molecule has 0 spiro atoms. The van der Waals surface area contributed by atoms with Gasteiger partial charge in [-0.05, 0) is 24.3 Å². The molecular weight excluding hydrogens is 431 g/mol. The summed E-state index contributed by atoms with van der Waals surface area (Å²) in [5.41, 5.74) is -0.726. The minimum absolute atomic E-state index is 0.0166. The molecule has 0 bridgehead atoms. The minimum atomic E-state index is -4.60. The number of anilines is 1. The topological polar surface area (TPSA) is 59.3 Å². The van der Waals surface area contributed by atoms with Gasteiger partial charge in [0.25, 0.3) is 0 Å². The minimum Gasteiger partial charge on any atom is -0.324 e. The van der Waals surface area contributed by atoms with Gasteiger partial charge in [0.15, 0.2) is 10.8 Å². The van der Waals surface area contributed by atoms with Crippen molar-refractivity contribution in [3.63, 3.8) is 0 Å². The van der Waals surface area contributed by atoms with Crippen molar-refractivity contribution in [2.75, 3.05) is 11.1 Å². The molecule has 142 valence electrons. The molecule has 2 heterocycles. The van der Waals surface area contributed by atoms with E-state index in [1.165, 1.54) is 6.07 Å². The number of aromatic nitrogens is 3. The van der Waals surface area contributed by atoms with E-state index in [1.54, 1.807) is 0 Å². The zero-order chi connectivity index (χ0) is 19.8. The molecule has 0 aliphatic rings. The van der Waals surface area contributed by atoms with E-state index in [9.17, 15) is 22.4 Å². The molecule has 12 heteroatoms. The number of pyridine rings is 1. The summed E-state index contributed by atoms with van der Waals surface area (Å²) in [6.45, 7) is 0. The fourth-order valence-electron chi connectivity index (χ4n) is 2.09. The van der Waals surface area contributed by atoms with Gasteiger partial charge >= 0.3 is 6.18 Å². The average Bonchev–Trinajstić information content (AvgIpc) is 2.98. The number of alkyl halides is 3. The molecule has 0 atom stereocenters. The molecule has 1 N–H and O–H groups in total. The van der Waals surface area contributed by atoms with Crippen LogP contribution >= 0.6 is 35.0 Å². The molecule has 0 aliphatic heterocycles. The van der Waals surface area contributed by atoms with Gasteiger partial charge in [0.2, 0.25) is 5.91 Å². The number of nitrogens with one attached hydrogen (secondary N) is 1. The number of carbonyl (C=O) groups excluding carboxylic acids is 1. The maximum atomic E-state index is 13.0. The first kappa shape index (κ1) is 19.7. The zero-order valence-corrected chi connectivity index (χ0v) is 15.3. The Hall–Kier alpha value is -2.04. The van der Waals surface area contributed by atoms with E-state index in [0.717, 1.165) is 40.6 Å². The number of fused-ring (bicyclic) bond motifs is 1. The Bertz CT molecular complexity index is 1020. The summed E-state index contributed by atoms with van der Waals surface area (Å²) in [4.78, 5) is 12.0. The first-order valence-electron chi connectivity index (χ1n) is 7.14. The van der Waals surface area contributed by atoms with Crippen molar-refractivity contribution in [2.24, 2.45) is 0 Å². The lowest BCUT2D eigenvalue weighted by Gasteiger charge is -2.09. The Labute approximate surface area is 163 Å². The number of nitrogens with zero attached hydrogens (tertiary/aromatic N) is 3. The van der Waals surface area contributed by atoms with Crippen molar-refractivity contribution in [3.8, 4) is 0 Å². The van der Waals surface area contributed by atoms with Gasteiger partial charge in [0.05, 0.1) is 27.0 Å². The van der Waals surface area contributed by atoms with E-state index in [-0.39, 0.29) is 32.3 Å². The second-order valence-electron chi connectivity index (χ2n) is 5.21. The Morgan fingerprint density at radius 2 is 1.93 bits per heavy atom. The van der Waals surface area contributed by atoms with Crippen LogP contribution in [0.15, 0.2) is 35.6 Å². The Morgan fingerprint density at radius 1 is 1.19 bits per heavy atom.